The van der Waals surface area contributed by atoms with E-state index in [1.54, 1.807) is 6.92 Å². The van der Waals surface area contributed by atoms with Crippen molar-refractivity contribution < 1.29 is 18.0 Å². The second-order valence-corrected chi connectivity index (χ2v) is 4.64. The van der Waals surface area contributed by atoms with Crippen LogP contribution < -0.4 is 5.32 Å². The molecule has 0 aliphatic carbocycles. The van der Waals surface area contributed by atoms with Gasteiger partial charge in [-0.2, -0.15) is 18.3 Å². The van der Waals surface area contributed by atoms with Gasteiger partial charge in [0.05, 0.1) is 6.20 Å². The van der Waals surface area contributed by atoms with E-state index in [4.69, 9.17) is 11.6 Å². The third-order valence-corrected chi connectivity index (χ3v) is 2.90. The fraction of sp³-hybridized carbons (Fsp3) is 0.364. The van der Waals surface area contributed by atoms with Crippen LogP contribution in [0.25, 0.3) is 5.65 Å². The Balaban J connectivity index is 2.36. The molecule has 0 aromatic carbocycles. The van der Waals surface area contributed by atoms with Crippen LogP contribution in [0.5, 0.6) is 0 Å². The number of amides is 1. The number of fused-ring (bicyclic) bond motifs is 1. The molecular formula is C11H10ClF3N4O. The van der Waals surface area contributed by atoms with Gasteiger partial charge >= 0.3 is 6.18 Å². The largest absolute Gasteiger partial charge is 0.408 e. The third-order valence-electron chi connectivity index (χ3n) is 2.70. The standard InChI is InChI=1S/C11H10ClF3N4O/c1-5-3-8(12)18-9-7(4-16-19(5)9)10(20)17-6(2)11(13,14)15/h3-4,6H,1-2H3,(H,17,20)/t6-/m0/s1. The molecule has 5 nitrogen and oxygen atoms in total. The number of nitrogens with zero attached hydrogens (tertiary/aromatic N) is 3. The molecule has 0 bridgehead atoms. The first-order chi connectivity index (χ1) is 9.20. The van der Waals surface area contributed by atoms with Crippen molar-refractivity contribution in [3.05, 3.63) is 28.7 Å². The molecule has 1 N–H and O–H groups in total. The number of carbonyl (C=O) groups is 1. The Hall–Kier alpha value is -1.83. The van der Waals surface area contributed by atoms with Gasteiger partial charge in [-0.05, 0) is 19.9 Å². The number of carbonyl (C=O) groups excluding carboxylic acids is 1. The van der Waals surface area contributed by atoms with Crippen molar-refractivity contribution in [3.8, 4) is 0 Å². The van der Waals surface area contributed by atoms with Crippen molar-refractivity contribution in [2.45, 2.75) is 26.1 Å². The van der Waals surface area contributed by atoms with Crippen LogP contribution >= 0.6 is 11.6 Å². The molecule has 2 rings (SSSR count). The van der Waals surface area contributed by atoms with Gasteiger partial charge in [-0.1, -0.05) is 11.6 Å². The lowest BCUT2D eigenvalue weighted by Crippen LogP contribution is -2.43. The minimum Gasteiger partial charge on any atom is -0.340 e. The molecule has 0 aliphatic rings. The zero-order valence-electron chi connectivity index (χ0n) is 10.5. The van der Waals surface area contributed by atoms with Crippen molar-refractivity contribution in [2.24, 2.45) is 0 Å². The minimum absolute atomic E-state index is 0.0632. The topological polar surface area (TPSA) is 59.3 Å². The summed E-state index contributed by atoms with van der Waals surface area (Å²) in [7, 11) is 0. The second kappa shape index (κ2) is 4.93. The number of alkyl halides is 3. The van der Waals surface area contributed by atoms with Crippen LogP contribution in [0.15, 0.2) is 12.3 Å². The molecule has 2 aromatic heterocycles. The Labute approximate surface area is 116 Å². The maximum atomic E-state index is 12.4. The average molecular weight is 307 g/mol. The first-order valence-electron chi connectivity index (χ1n) is 5.58. The average Bonchev–Trinajstić information content (AvgIpc) is 2.71. The number of nitrogens with one attached hydrogen (secondary N) is 1. The highest BCUT2D eigenvalue weighted by molar-refractivity contribution is 6.29. The summed E-state index contributed by atoms with van der Waals surface area (Å²) in [6.07, 6.45) is -3.36. The second-order valence-electron chi connectivity index (χ2n) is 4.25. The van der Waals surface area contributed by atoms with Gasteiger partial charge in [0.25, 0.3) is 5.91 Å². The quantitative estimate of drug-likeness (QED) is 0.867. The number of aryl methyl sites for hydroxylation is 1. The van der Waals surface area contributed by atoms with Crippen LogP contribution in [0.4, 0.5) is 13.2 Å². The van der Waals surface area contributed by atoms with Gasteiger partial charge in [0.15, 0.2) is 5.65 Å². The Morgan fingerprint density at radius 3 is 2.75 bits per heavy atom. The van der Waals surface area contributed by atoms with E-state index in [1.807, 2.05) is 5.32 Å². The molecular weight excluding hydrogens is 297 g/mol. The van der Waals surface area contributed by atoms with Gasteiger partial charge in [0.1, 0.15) is 16.8 Å². The Bertz CT molecular complexity index is 667. The maximum absolute atomic E-state index is 12.4. The van der Waals surface area contributed by atoms with E-state index in [2.05, 4.69) is 10.1 Å². The Morgan fingerprint density at radius 2 is 2.15 bits per heavy atom. The summed E-state index contributed by atoms with van der Waals surface area (Å²) in [5.74, 6) is -0.904. The fourth-order valence-corrected chi connectivity index (χ4v) is 1.83. The molecule has 0 saturated carbocycles. The molecule has 0 spiro atoms. The van der Waals surface area contributed by atoms with Crippen LogP contribution in [0.2, 0.25) is 5.15 Å². The summed E-state index contributed by atoms with van der Waals surface area (Å²) in [6.45, 7) is 2.54. The maximum Gasteiger partial charge on any atom is 0.408 e. The number of hydrogen-bond acceptors (Lipinski definition) is 3. The lowest BCUT2D eigenvalue weighted by atomic mass is 10.2. The van der Waals surface area contributed by atoms with Crippen molar-refractivity contribution in [3.63, 3.8) is 0 Å². The number of aromatic nitrogens is 3. The lowest BCUT2D eigenvalue weighted by molar-refractivity contribution is -0.149. The summed E-state index contributed by atoms with van der Waals surface area (Å²) in [6, 6.07) is -0.438. The molecule has 2 heterocycles. The highest BCUT2D eigenvalue weighted by Gasteiger charge is 2.37. The SMILES string of the molecule is Cc1cc(Cl)nc2c(C(=O)N[C@@H](C)C(F)(F)F)cnn12. The van der Waals surface area contributed by atoms with Crippen LogP contribution in [0.1, 0.15) is 23.0 Å². The molecule has 0 fully saturated rings. The Kier molecular flexibility index (Phi) is 3.59. The summed E-state index contributed by atoms with van der Waals surface area (Å²) in [5.41, 5.74) is 0.663. The molecule has 2 aromatic rings. The predicted octanol–water partition coefficient (Wildman–Crippen LogP) is 2.37. The molecule has 0 aliphatic heterocycles. The molecule has 0 saturated heterocycles. The zero-order chi connectivity index (χ0) is 15.1. The van der Waals surface area contributed by atoms with E-state index in [-0.39, 0.29) is 16.4 Å². The van der Waals surface area contributed by atoms with E-state index in [0.29, 0.717) is 5.69 Å². The highest BCUT2D eigenvalue weighted by atomic mass is 35.5. The van der Waals surface area contributed by atoms with Crippen molar-refractivity contribution in [1.82, 2.24) is 19.9 Å². The number of hydrogen-bond donors (Lipinski definition) is 1. The molecule has 1 atom stereocenters. The normalized spacial score (nSPS) is 13.5. The molecule has 0 radical (unpaired) electrons. The van der Waals surface area contributed by atoms with Gasteiger partial charge in [-0.3, -0.25) is 4.79 Å². The van der Waals surface area contributed by atoms with Gasteiger partial charge in [0, 0.05) is 5.69 Å². The molecule has 108 valence electrons. The summed E-state index contributed by atoms with van der Waals surface area (Å²) < 4.78 is 38.6. The van der Waals surface area contributed by atoms with Gasteiger partial charge in [-0.25, -0.2) is 9.50 Å². The van der Waals surface area contributed by atoms with Gasteiger partial charge in [0.2, 0.25) is 0 Å². The summed E-state index contributed by atoms with van der Waals surface area (Å²) in [4.78, 5) is 15.8. The molecule has 1 amide bonds. The third kappa shape index (κ3) is 2.69. The van der Waals surface area contributed by atoms with E-state index >= 15 is 0 Å². The van der Waals surface area contributed by atoms with Crippen LogP contribution in [-0.2, 0) is 0 Å². The van der Waals surface area contributed by atoms with Gasteiger partial charge < -0.3 is 5.32 Å². The smallest absolute Gasteiger partial charge is 0.340 e. The molecule has 0 unspecified atom stereocenters. The van der Waals surface area contributed by atoms with Gasteiger partial charge in [-0.15, -0.1) is 0 Å². The van der Waals surface area contributed by atoms with Crippen LogP contribution in [0, 0.1) is 6.92 Å². The summed E-state index contributed by atoms with van der Waals surface area (Å²) in [5, 5.41) is 5.89. The number of rotatable bonds is 2. The molecule has 20 heavy (non-hydrogen) atoms. The van der Waals surface area contributed by atoms with E-state index < -0.39 is 18.1 Å². The van der Waals surface area contributed by atoms with E-state index in [0.717, 1.165) is 13.1 Å². The van der Waals surface area contributed by atoms with Crippen molar-refractivity contribution in [2.75, 3.05) is 0 Å². The highest BCUT2D eigenvalue weighted by Crippen LogP contribution is 2.21. The summed E-state index contributed by atoms with van der Waals surface area (Å²) >= 11 is 5.77. The lowest BCUT2D eigenvalue weighted by Gasteiger charge is -2.16. The molecule has 9 heteroatoms. The van der Waals surface area contributed by atoms with Crippen molar-refractivity contribution in [1.29, 1.82) is 0 Å². The first kappa shape index (κ1) is 14.6. The minimum atomic E-state index is -4.51. The Morgan fingerprint density at radius 1 is 1.50 bits per heavy atom. The van der Waals surface area contributed by atoms with E-state index in [9.17, 15) is 18.0 Å². The van der Waals surface area contributed by atoms with Crippen LogP contribution in [-0.4, -0.2) is 32.7 Å². The first-order valence-corrected chi connectivity index (χ1v) is 5.96. The fourth-order valence-electron chi connectivity index (χ4n) is 1.59. The zero-order valence-corrected chi connectivity index (χ0v) is 11.2. The monoisotopic (exact) mass is 306 g/mol. The number of halogens is 4. The van der Waals surface area contributed by atoms with Crippen molar-refractivity contribution >= 4 is 23.2 Å². The van der Waals surface area contributed by atoms with E-state index in [1.165, 1.54) is 10.6 Å². The predicted molar refractivity (Wildman–Crippen MR) is 65.7 cm³/mol. The van der Waals surface area contributed by atoms with Crippen LogP contribution in [0.3, 0.4) is 0 Å².